The van der Waals surface area contributed by atoms with Crippen LogP contribution in [0.4, 0.5) is 74.6 Å². The number of esters is 1. The van der Waals surface area contributed by atoms with Crippen LogP contribution in [-0.2, 0) is 4.74 Å². The maximum absolute atomic E-state index is 13.8. The molecule has 0 fully saturated rings. The first-order chi connectivity index (χ1) is 17.2. The number of rotatable bonds is 12. The number of carbonyl (C=O) groups excluding carboxylic acids is 1. The average Bonchev–Trinajstić information content (AvgIpc) is 2.78. The molecule has 0 amide bonds. The van der Waals surface area contributed by atoms with Gasteiger partial charge in [-0.3, -0.25) is 0 Å². The fraction of sp³-hybridized carbons (Fsp3) is 0.632. The summed E-state index contributed by atoms with van der Waals surface area (Å²) in [6.45, 7) is -0.435. The molecule has 0 bridgehead atoms. The molecular weight excluding hydrogens is 599 g/mol. The van der Waals surface area contributed by atoms with Gasteiger partial charge in [0, 0.05) is 0 Å². The average molecular weight is 612 g/mol. The smallest absolute Gasteiger partial charge is 0.460 e. The lowest BCUT2D eigenvalue weighted by Gasteiger charge is -2.42. The monoisotopic (exact) mass is 612 g/mol. The minimum atomic E-state index is -8.67. The molecule has 0 aromatic heterocycles. The summed E-state index contributed by atoms with van der Waals surface area (Å²) in [4.78, 5) is 11.4. The minimum absolute atomic E-state index is 0.0710. The molecule has 0 saturated heterocycles. The van der Waals surface area contributed by atoms with Crippen molar-refractivity contribution in [2.45, 2.75) is 61.0 Å². The predicted octanol–water partition coefficient (Wildman–Crippen LogP) is 7.64. The van der Waals surface area contributed by atoms with Gasteiger partial charge in [0.2, 0.25) is 0 Å². The van der Waals surface area contributed by atoms with Crippen molar-refractivity contribution in [2.75, 3.05) is 13.2 Å². The molecule has 0 aliphatic rings. The Morgan fingerprint density at radius 3 is 1.38 bits per heavy atom. The van der Waals surface area contributed by atoms with Crippen LogP contribution < -0.4 is 4.74 Å². The first-order valence-electron chi connectivity index (χ1n) is 9.78. The lowest BCUT2D eigenvalue weighted by molar-refractivity contribution is -0.461. The van der Waals surface area contributed by atoms with Crippen molar-refractivity contribution in [3.05, 3.63) is 29.8 Å². The Morgan fingerprint density at radius 2 is 1.00 bits per heavy atom. The molecule has 1 aromatic rings. The third kappa shape index (κ3) is 5.51. The van der Waals surface area contributed by atoms with E-state index in [0.717, 1.165) is 24.3 Å². The zero-order chi connectivity index (χ0) is 31.1. The summed E-state index contributed by atoms with van der Waals surface area (Å²) in [6, 6.07) is 3.48. The molecule has 1 aromatic carbocycles. The highest BCUT2D eigenvalue weighted by molar-refractivity contribution is 5.89. The standard InChI is InChI=1S/C19H13F17O3/c1-2-38-11(37)9-3-5-10(6-4-9)39-8-7-12(20,21)13(22,23)14(24,25)15(26,27)16(28,29)17(30,31)18(32,33)19(34,35)36/h3-6H,2,7-8H2,1H3. The lowest BCUT2D eigenvalue weighted by atomic mass is 9.88. The van der Waals surface area contributed by atoms with Crippen molar-refractivity contribution in [1.82, 2.24) is 0 Å². The SMILES string of the molecule is CCOC(=O)c1ccc(OCCC(F)(F)C(F)(F)C(F)(F)C(F)(F)C(F)(F)C(F)(F)C(F)(F)C(F)(F)F)cc1. The Labute approximate surface area is 205 Å². The van der Waals surface area contributed by atoms with Crippen molar-refractivity contribution in [1.29, 1.82) is 0 Å². The molecule has 39 heavy (non-hydrogen) atoms. The van der Waals surface area contributed by atoms with Crippen molar-refractivity contribution in [3.8, 4) is 5.75 Å². The summed E-state index contributed by atoms with van der Waals surface area (Å²) in [6.07, 6.45) is -10.5. The molecule has 0 atom stereocenters. The summed E-state index contributed by atoms with van der Waals surface area (Å²) in [5.74, 6) is -58.1. The Morgan fingerprint density at radius 1 is 0.615 bits per heavy atom. The van der Waals surface area contributed by atoms with E-state index in [1.165, 1.54) is 6.92 Å². The lowest BCUT2D eigenvalue weighted by Crippen LogP contribution is -2.74. The Balaban J connectivity index is 3.23. The van der Waals surface area contributed by atoms with Crippen LogP contribution >= 0.6 is 0 Å². The second-order valence-corrected chi connectivity index (χ2v) is 7.49. The molecule has 20 heteroatoms. The summed E-state index contributed by atoms with van der Waals surface area (Å²) in [5, 5.41) is 0. The van der Waals surface area contributed by atoms with Gasteiger partial charge < -0.3 is 9.47 Å². The fourth-order valence-corrected chi connectivity index (χ4v) is 2.55. The quantitative estimate of drug-likeness (QED) is 0.180. The number of ether oxygens (including phenoxy) is 2. The van der Waals surface area contributed by atoms with Crippen molar-refractivity contribution >= 4 is 5.97 Å². The molecule has 0 radical (unpaired) electrons. The van der Waals surface area contributed by atoms with Crippen LogP contribution in [0, 0.1) is 0 Å². The highest BCUT2D eigenvalue weighted by Gasteiger charge is 2.95. The summed E-state index contributed by atoms with van der Waals surface area (Å²) in [5.41, 5.74) is -0.156. The number of halogens is 17. The van der Waals surface area contributed by atoms with E-state index in [1.807, 2.05) is 0 Å². The molecule has 0 unspecified atom stereocenters. The van der Waals surface area contributed by atoms with Crippen molar-refractivity contribution in [2.24, 2.45) is 0 Å². The van der Waals surface area contributed by atoms with Crippen LogP contribution in [0.5, 0.6) is 5.75 Å². The van der Waals surface area contributed by atoms with Crippen LogP contribution in [0.1, 0.15) is 23.7 Å². The largest absolute Gasteiger partial charge is 0.493 e. The Hall–Kier alpha value is -2.70. The topological polar surface area (TPSA) is 35.5 Å². The third-order valence-corrected chi connectivity index (χ3v) is 4.84. The van der Waals surface area contributed by atoms with Gasteiger partial charge >= 0.3 is 53.6 Å². The van der Waals surface area contributed by atoms with Crippen molar-refractivity contribution < 1.29 is 88.9 Å². The van der Waals surface area contributed by atoms with Gasteiger partial charge in [-0.1, -0.05) is 0 Å². The number of hydrogen-bond acceptors (Lipinski definition) is 3. The molecule has 226 valence electrons. The van der Waals surface area contributed by atoms with Crippen LogP contribution in [0.3, 0.4) is 0 Å². The van der Waals surface area contributed by atoms with E-state index < -0.39 is 72.4 Å². The molecule has 0 spiro atoms. The molecule has 0 heterocycles. The number of carbonyl (C=O) groups is 1. The predicted molar refractivity (Wildman–Crippen MR) is 93.2 cm³/mol. The van der Waals surface area contributed by atoms with Crippen molar-refractivity contribution in [3.63, 3.8) is 0 Å². The van der Waals surface area contributed by atoms with E-state index >= 15 is 0 Å². The second kappa shape index (κ2) is 10.4. The highest BCUT2D eigenvalue weighted by Crippen LogP contribution is 2.64. The van der Waals surface area contributed by atoms with Gasteiger partial charge in [-0.15, -0.1) is 0 Å². The van der Waals surface area contributed by atoms with Gasteiger partial charge in [-0.25, -0.2) is 4.79 Å². The third-order valence-electron chi connectivity index (χ3n) is 4.84. The van der Waals surface area contributed by atoms with E-state index in [4.69, 9.17) is 0 Å². The molecule has 0 aliphatic carbocycles. The first kappa shape index (κ1) is 34.3. The van der Waals surface area contributed by atoms with Crippen LogP contribution in [0.15, 0.2) is 24.3 Å². The number of alkyl halides is 17. The highest BCUT2D eigenvalue weighted by atomic mass is 19.4. The molecule has 0 N–H and O–H groups in total. The minimum Gasteiger partial charge on any atom is -0.493 e. The van der Waals surface area contributed by atoms with Gasteiger partial charge in [0.05, 0.1) is 25.2 Å². The zero-order valence-electron chi connectivity index (χ0n) is 18.6. The summed E-state index contributed by atoms with van der Waals surface area (Å²) in [7, 11) is 0. The zero-order valence-corrected chi connectivity index (χ0v) is 18.6. The maximum Gasteiger partial charge on any atom is 0.460 e. The first-order valence-corrected chi connectivity index (χ1v) is 9.78. The number of hydrogen-bond donors (Lipinski definition) is 0. The fourth-order valence-electron chi connectivity index (χ4n) is 2.55. The molecule has 1 rings (SSSR count). The van der Waals surface area contributed by atoms with E-state index in [-0.39, 0.29) is 12.2 Å². The van der Waals surface area contributed by atoms with Gasteiger partial charge in [0.1, 0.15) is 5.75 Å². The Bertz CT molecular complexity index is 999. The molecule has 3 nitrogen and oxygen atoms in total. The van der Waals surface area contributed by atoms with Crippen LogP contribution in [0.2, 0.25) is 0 Å². The summed E-state index contributed by atoms with van der Waals surface area (Å²) >= 11 is 0. The normalized spacial score (nSPS) is 14.8. The van der Waals surface area contributed by atoms with Crippen LogP contribution in [0.25, 0.3) is 0 Å². The van der Waals surface area contributed by atoms with E-state index in [2.05, 4.69) is 9.47 Å². The van der Waals surface area contributed by atoms with E-state index in [9.17, 15) is 79.4 Å². The molecular formula is C19H13F17O3. The van der Waals surface area contributed by atoms with Crippen LogP contribution in [-0.4, -0.2) is 66.8 Å². The molecule has 0 saturated carbocycles. The van der Waals surface area contributed by atoms with Gasteiger partial charge in [0.25, 0.3) is 0 Å². The van der Waals surface area contributed by atoms with E-state index in [0.29, 0.717) is 0 Å². The number of benzene rings is 1. The summed E-state index contributed by atoms with van der Waals surface area (Å²) < 4.78 is 234. The van der Waals surface area contributed by atoms with E-state index in [1.54, 1.807) is 0 Å². The second-order valence-electron chi connectivity index (χ2n) is 7.49. The maximum atomic E-state index is 13.8. The molecule has 0 aliphatic heterocycles. The van der Waals surface area contributed by atoms with Gasteiger partial charge in [0.15, 0.2) is 0 Å². The Kier molecular flexibility index (Phi) is 9.12. The van der Waals surface area contributed by atoms with Gasteiger partial charge in [-0.2, -0.15) is 74.6 Å². The van der Waals surface area contributed by atoms with Gasteiger partial charge in [-0.05, 0) is 31.2 Å².